The second-order valence-corrected chi connectivity index (χ2v) is 19.0. The van der Waals surface area contributed by atoms with Gasteiger partial charge in [-0.2, -0.15) is 0 Å². The van der Waals surface area contributed by atoms with Gasteiger partial charge in [0.15, 0.2) is 6.17 Å². The van der Waals surface area contributed by atoms with Gasteiger partial charge in [-0.25, -0.2) is 14.4 Å². The van der Waals surface area contributed by atoms with Crippen LogP contribution in [0.1, 0.15) is 35.0 Å². The number of pyridine rings is 1. The number of fused-ring (bicyclic) bond motifs is 11. The highest BCUT2D eigenvalue weighted by Crippen LogP contribution is 2.48. The average molecular weight is 659 g/mol. The number of hydrogen-bond donors (Lipinski definition) is 0. The first-order valence-electron chi connectivity index (χ1n) is 16.5. The summed E-state index contributed by atoms with van der Waals surface area (Å²) in [6.07, 6.45) is 10.7. The van der Waals surface area contributed by atoms with Crippen molar-refractivity contribution < 1.29 is 4.39 Å². The van der Waals surface area contributed by atoms with Gasteiger partial charge in [0.1, 0.15) is 19.7 Å². The smallest absolute Gasteiger partial charge is 0.150 e. The molecule has 0 radical (unpaired) electrons. The average Bonchev–Trinajstić information content (AvgIpc) is 3.76. The topological polar surface area (TPSA) is 34.0 Å². The van der Waals surface area contributed by atoms with E-state index in [0.717, 1.165) is 28.7 Å². The van der Waals surface area contributed by atoms with Crippen molar-refractivity contribution in [2.45, 2.75) is 31.1 Å². The maximum atomic E-state index is 16.8. The highest BCUT2D eigenvalue weighted by molar-refractivity contribution is 7.26. The lowest BCUT2D eigenvalue weighted by atomic mass is 9.77. The van der Waals surface area contributed by atoms with E-state index in [-0.39, 0.29) is 11.8 Å². The van der Waals surface area contributed by atoms with E-state index in [2.05, 4.69) is 108 Å². The molecule has 232 valence electrons. The second-order valence-electron chi connectivity index (χ2n) is 13.5. The van der Waals surface area contributed by atoms with Crippen LogP contribution in [0.5, 0.6) is 0 Å². The molecular formula is C41H31FN4SSi. The third kappa shape index (κ3) is 3.92. The molecule has 0 saturated heterocycles. The number of rotatable bonds is 3. The summed E-state index contributed by atoms with van der Waals surface area (Å²) in [5.41, 5.74) is 5.75. The van der Waals surface area contributed by atoms with Crippen molar-refractivity contribution >= 4 is 67.1 Å². The van der Waals surface area contributed by atoms with E-state index < -0.39 is 14.2 Å². The van der Waals surface area contributed by atoms with Crippen molar-refractivity contribution in [1.82, 2.24) is 14.5 Å². The van der Waals surface area contributed by atoms with Gasteiger partial charge in [-0.3, -0.25) is 4.90 Å². The summed E-state index contributed by atoms with van der Waals surface area (Å²) in [4.78, 5) is 12.0. The molecule has 3 aromatic heterocycles. The van der Waals surface area contributed by atoms with E-state index in [1.165, 1.54) is 36.1 Å². The van der Waals surface area contributed by atoms with Crippen LogP contribution in [0.3, 0.4) is 0 Å². The van der Waals surface area contributed by atoms with Crippen molar-refractivity contribution in [2.75, 3.05) is 4.90 Å². The molecule has 3 aliphatic rings. The van der Waals surface area contributed by atoms with E-state index in [4.69, 9.17) is 9.97 Å². The van der Waals surface area contributed by atoms with Crippen molar-refractivity contribution in [3.8, 4) is 5.69 Å². The van der Waals surface area contributed by atoms with Gasteiger partial charge in [0, 0.05) is 62.0 Å². The third-order valence-electron chi connectivity index (χ3n) is 10.6. The zero-order valence-corrected chi connectivity index (χ0v) is 28.3. The number of aromatic nitrogens is 3. The first-order valence-corrected chi connectivity index (χ1v) is 20.3. The molecule has 0 saturated carbocycles. The normalized spacial score (nSPS) is 19.2. The zero-order valence-electron chi connectivity index (χ0n) is 26.5. The second kappa shape index (κ2) is 10.2. The standard InChI is InChI=1S/C41H31FN4SSi/c1-48(2)37-15-8-18-43-41(37)46(34-24-36-31(23-38(34)48)30-12-4-6-14-35(30)47-36)27-10-7-9-25(21-27)39(42)26-16-17-28-29-11-3-5-13-33(29)45-20-19-44-40(45)32(28)22-26/h3-24,28,32,39H,1-2H3. The van der Waals surface area contributed by atoms with Crippen LogP contribution in [0.15, 0.2) is 139 Å². The van der Waals surface area contributed by atoms with Crippen molar-refractivity contribution in [3.05, 3.63) is 156 Å². The van der Waals surface area contributed by atoms with E-state index in [1.807, 2.05) is 60.3 Å². The SMILES string of the molecule is C[Si]1(C)c2cc3c(cc2N(c2cccc(C(F)C4=CC5c6nccn6-c6ccccc6C5C=C4)c2)c2ncccc21)sc1ccccc13. The summed E-state index contributed by atoms with van der Waals surface area (Å²) >= 11 is 1.83. The summed E-state index contributed by atoms with van der Waals surface area (Å²) in [6.45, 7) is 4.84. The minimum absolute atomic E-state index is 0.0303. The fourth-order valence-electron chi connectivity index (χ4n) is 8.20. The molecule has 0 fully saturated rings. The number of alkyl halides is 1. The molecule has 10 rings (SSSR count). The van der Waals surface area contributed by atoms with Crippen LogP contribution in [0.2, 0.25) is 13.1 Å². The summed E-state index contributed by atoms with van der Waals surface area (Å²) in [5, 5.41) is 5.27. The lowest BCUT2D eigenvalue weighted by molar-refractivity contribution is 0.397. The molecule has 48 heavy (non-hydrogen) atoms. The first-order chi connectivity index (χ1) is 23.5. The van der Waals surface area contributed by atoms with Crippen LogP contribution in [-0.4, -0.2) is 22.6 Å². The van der Waals surface area contributed by atoms with Gasteiger partial charge in [-0.15, -0.1) is 11.3 Å². The molecule has 0 amide bonds. The molecule has 0 bridgehead atoms. The molecule has 2 aliphatic heterocycles. The van der Waals surface area contributed by atoms with Gasteiger partial charge >= 0.3 is 0 Å². The fourth-order valence-corrected chi connectivity index (χ4v) is 12.2. The minimum atomic E-state index is -2.11. The molecule has 3 unspecified atom stereocenters. The molecule has 5 heterocycles. The minimum Gasteiger partial charge on any atom is -0.303 e. The first kappa shape index (κ1) is 27.9. The van der Waals surface area contributed by atoms with Gasteiger partial charge in [-0.05, 0) is 63.5 Å². The quantitative estimate of drug-likeness (QED) is 0.177. The molecule has 7 heteroatoms. The van der Waals surface area contributed by atoms with Crippen molar-refractivity contribution in [3.63, 3.8) is 0 Å². The summed E-state index contributed by atoms with van der Waals surface area (Å²) in [7, 11) is -2.11. The predicted octanol–water partition coefficient (Wildman–Crippen LogP) is 9.63. The number of nitrogens with zero attached hydrogens (tertiary/aromatic N) is 4. The lowest BCUT2D eigenvalue weighted by Gasteiger charge is -2.40. The van der Waals surface area contributed by atoms with Gasteiger partial charge in [0.2, 0.25) is 0 Å². The van der Waals surface area contributed by atoms with Gasteiger partial charge in [0.25, 0.3) is 0 Å². The Morgan fingerprint density at radius 1 is 0.771 bits per heavy atom. The maximum absolute atomic E-state index is 16.8. The van der Waals surface area contributed by atoms with Crippen LogP contribution in [0, 0.1) is 0 Å². The fraction of sp³-hybridized carbons (Fsp3) is 0.122. The molecule has 0 spiro atoms. The lowest BCUT2D eigenvalue weighted by Crippen LogP contribution is -2.58. The predicted molar refractivity (Wildman–Crippen MR) is 199 cm³/mol. The Labute approximate surface area is 283 Å². The van der Waals surface area contributed by atoms with Crippen LogP contribution in [0.25, 0.3) is 25.9 Å². The molecular weight excluding hydrogens is 628 g/mol. The van der Waals surface area contributed by atoms with Gasteiger partial charge in [-0.1, -0.05) is 92.0 Å². The summed E-state index contributed by atoms with van der Waals surface area (Å²) < 4.78 is 21.5. The number of thiophene rings is 1. The Kier molecular flexibility index (Phi) is 5.93. The van der Waals surface area contributed by atoms with E-state index in [9.17, 15) is 0 Å². The van der Waals surface area contributed by atoms with E-state index >= 15 is 4.39 Å². The van der Waals surface area contributed by atoms with Crippen LogP contribution in [-0.2, 0) is 0 Å². The molecule has 1 aliphatic carbocycles. The van der Waals surface area contributed by atoms with Crippen LogP contribution in [0.4, 0.5) is 21.6 Å². The Balaban J connectivity index is 1.08. The molecule has 7 aromatic rings. The summed E-state index contributed by atoms with van der Waals surface area (Å²) in [6, 6.07) is 34.2. The van der Waals surface area contributed by atoms with Crippen LogP contribution >= 0.6 is 11.3 Å². The van der Waals surface area contributed by atoms with E-state index in [1.54, 1.807) is 0 Å². The highest BCUT2D eigenvalue weighted by atomic mass is 32.1. The summed E-state index contributed by atoms with van der Waals surface area (Å²) in [5.74, 6) is 2.00. The molecule has 4 aromatic carbocycles. The highest BCUT2D eigenvalue weighted by Gasteiger charge is 2.40. The third-order valence-corrected chi connectivity index (χ3v) is 15.2. The number of para-hydroxylation sites is 1. The number of allylic oxidation sites excluding steroid dienone is 4. The number of hydrogen-bond acceptors (Lipinski definition) is 4. The number of benzene rings is 4. The monoisotopic (exact) mass is 658 g/mol. The van der Waals surface area contributed by atoms with Crippen LogP contribution < -0.4 is 15.3 Å². The zero-order chi connectivity index (χ0) is 32.1. The number of imidazole rings is 1. The molecule has 0 N–H and O–H groups in total. The maximum Gasteiger partial charge on any atom is 0.150 e. The Bertz CT molecular complexity index is 2510. The molecule has 3 atom stereocenters. The van der Waals surface area contributed by atoms with Crippen molar-refractivity contribution in [2.24, 2.45) is 0 Å². The number of anilines is 3. The number of halogens is 1. The van der Waals surface area contributed by atoms with Crippen molar-refractivity contribution in [1.29, 1.82) is 0 Å². The van der Waals surface area contributed by atoms with Gasteiger partial charge < -0.3 is 4.57 Å². The Hall–Kier alpha value is -5.11. The molecule has 4 nitrogen and oxygen atoms in total. The van der Waals surface area contributed by atoms with E-state index in [0.29, 0.717) is 11.1 Å². The Morgan fingerprint density at radius 2 is 1.65 bits per heavy atom. The Morgan fingerprint density at radius 3 is 2.58 bits per heavy atom. The van der Waals surface area contributed by atoms with Gasteiger partial charge in [0.05, 0.1) is 5.69 Å². The largest absolute Gasteiger partial charge is 0.303 e.